The van der Waals surface area contributed by atoms with E-state index in [0.29, 0.717) is 30.9 Å². The summed E-state index contributed by atoms with van der Waals surface area (Å²) >= 11 is 0. The maximum atomic E-state index is 13.4. The van der Waals surface area contributed by atoms with Crippen molar-refractivity contribution in [2.75, 3.05) is 46.8 Å². The van der Waals surface area contributed by atoms with Crippen LogP contribution in [0.5, 0.6) is 11.5 Å². The lowest BCUT2D eigenvalue weighted by Crippen LogP contribution is -2.80. The maximum Gasteiger partial charge on any atom is 0.415 e. The van der Waals surface area contributed by atoms with Gasteiger partial charge in [0.2, 0.25) is 11.8 Å². The number of likely N-dealkylation sites (tertiary alicyclic amines) is 1. The molecule has 1 aromatic rings. The zero-order chi connectivity index (χ0) is 35.5. The fourth-order valence-electron chi connectivity index (χ4n) is 8.60. The van der Waals surface area contributed by atoms with E-state index < -0.39 is 52.8 Å². The quantitative estimate of drug-likeness (QED) is 0.267. The number of quaternary nitrogens is 1. The van der Waals surface area contributed by atoms with E-state index in [-0.39, 0.29) is 43.6 Å². The Balaban J connectivity index is 1.06. The van der Waals surface area contributed by atoms with Crippen molar-refractivity contribution in [3.8, 4) is 11.5 Å². The number of rotatable bonds is 10. The summed E-state index contributed by atoms with van der Waals surface area (Å²) in [6.07, 6.45) is 2.17. The van der Waals surface area contributed by atoms with Crippen LogP contribution in [0, 0.1) is 5.92 Å². The van der Waals surface area contributed by atoms with Crippen LogP contribution in [0.2, 0.25) is 0 Å². The molecule has 14 heteroatoms. The number of piperidine rings is 1. The number of carbonyl (C=O) groups is 5. The molecule has 4 N–H and O–H groups in total. The van der Waals surface area contributed by atoms with Crippen molar-refractivity contribution in [3.05, 3.63) is 23.3 Å². The number of hydrogen-bond acceptors (Lipinski definition) is 9. The number of ether oxygens (including phenoxy) is 3. The van der Waals surface area contributed by atoms with E-state index in [1.54, 1.807) is 26.8 Å². The largest absolute Gasteiger partial charge is 0.477 e. The summed E-state index contributed by atoms with van der Waals surface area (Å²) in [4.78, 5) is 64.4. The van der Waals surface area contributed by atoms with Gasteiger partial charge < -0.3 is 44.7 Å². The summed E-state index contributed by atoms with van der Waals surface area (Å²) in [7, 11) is 3.80. The summed E-state index contributed by atoms with van der Waals surface area (Å²) in [5.41, 5.74) is -0.817. The summed E-state index contributed by atoms with van der Waals surface area (Å²) in [5.74, 6) is 0.199. The van der Waals surface area contributed by atoms with Crippen molar-refractivity contribution in [1.29, 1.82) is 0 Å². The first kappa shape index (κ1) is 34.9. The molecule has 49 heavy (non-hydrogen) atoms. The number of ketones is 1. The molecule has 2 saturated carbocycles. The number of likely N-dealkylation sites (N-methyl/N-ethyl adjacent to an activating group) is 2. The fourth-order valence-corrected chi connectivity index (χ4v) is 8.60. The lowest BCUT2D eigenvalue weighted by molar-refractivity contribution is -0.950. The van der Waals surface area contributed by atoms with Crippen LogP contribution >= 0.6 is 0 Å². The van der Waals surface area contributed by atoms with Crippen molar-refractivity contribution in [2.45, 2.75) is 101 Å². The zero-order valence-electron chi connectivity index (χ0n) is 29.3. The third-order valence-corrected chi connectivity index (χ3v) is 11.1. The first-order chi connectivity index (χ1) is 23.0. The van der Waals surface area contributed by atoms with Gasteiger partial charge in [-0.25, -0.2) is 9.59 Å². The standard InChI is InChI=1S/C35H49N5O9/c1-20(38-26(42)18-37-31(44)49-33(2,3)4)30(43)36-14-15-39(5)32(45)47-24-10-9-22-17-25-35(46)12-11-23(41)29-34(35,27(22)28(24)48-29)13-16-40(25,6)19-21-7-8-21/h9-10,20-21,25,29,46H,7-8,11-19H2,1-6H3,(H2-,36,37,38,42,43,44)/p+1/t20-,25?,29-,34-,35+,40-/m0/s1. The number of Topliss-reactive ketones (excluding diaryl/α,β-unsaturated/α-hetero) is 1. The molecule has 1 spiro atoms. The molecule has 2 heterocycles. The molecule has 6 rings (SSSR count). The number of nitrogens with one attached hydrogen (secondary N) is 3. The van der Waals surface area contributed by atoms with Gasteiger partial charge in [-0.3, -0.25) is 14.4 Å². The number of nitrogens with zero attached hydrogens (tertiary/aromatic N) is 2. The molecular weight excluding hydrogens is 634 g/mol. The highest BCUT2D eigenvalue weighted by molar-refractivity contribution is 5.90. The van der Waals surface area contributed by atoms with E-state index in [9.17, 15) is 29.1 Å². The topological polar surface area (TPSA) is 173 Å². The Hall–Kier alpha value is -3.91. The van der Waals surface area contributed by atoms with E-state index in [2.05, 4.69) is 23.0 Å². The minimum atomic E-state index is -1.10. The van der Waals surface area contributed by atoms with Crippen LogP contribution in [-0.4, -0.2) is 120 Å². The predicted molar refractivity (Wildman–Crippen MR) is 176 cm³/mol. The number of hydrogen-bond donors (Lipinski definition) is 4. The smallest absolute Gasteiger partial charge is 0.415 e. The summed E-state index contributed by atoms with van der Waals surface area (Å²) in [5, 5.41) is 20.1. The number of alkyl carbamates (subject to hydrolysis) is 1. The van der Waals surface area contributed by atoms with Crippen molar-refractivity contribution in [3.63, 3.8) is 0 Å². The molecule has 1 saturated heterocycles. The van der Waals surface area contributed by atoms with Gasteiger partial charge in [-0.15, -0.1) is 0 Å². The molecule has 5 aliphatic rings. The first-order valence-electron chi connectivity index (χ1n) is 17.4. The Labute approximate surface area is 286 Å². The third-order valence-electron chi connectivity index (χ3n) is 11.1. The number of aliphatic hydroxyl groups is 1. The number of benzene rings is 1. The molecule has 0 aromatic heterocycles. The molecule has 2 aliphatic heterocycles. The highest BCUT2D eigenvalue weighted by atomic mass is 16.6. The van der Waals surface area contributed by atoms with Crippen LogP contribution in [0.1, 0.15) is 70.9 Å². The minimum absolute atomic E-state index is 0.0272. The Morgan fingerprint density at radius 3 is 2.59 bits per heavy atom. The molecule has 2 bridgehead atoms. The van der Waals surface area contributed by atoms with Gasteiger partial charge in [0.1, 0.15) is 29.8 Å². The molecule has 268 valence electrons. The molecule has 3 fully saturated rings. The molecule has 3 aliphatic carbocycles. The van der Waals surface area contributed by atoms with Crippen molar-refractivity contribution in [1.82, 2.24) is 20.9 Å². The summed E-state index contributed by atoms with van der Waals surface area (Å²) in [6.45, 7) is 8.33. The zero-order valence-corrected chi connectivity index (χ0v) is 29.3. The Morgan fingerprint density at radius 1 is 1.16 bits per heavy atom. The molecular formula is C35H50N5O9+. The van der Waals surface area contributed by atoms with Crippen molar-refractivity contribution in [2.24, 2.45) is 5.92 Å². The molecule has 0 radical (unpaired) electrons. The third kappa shape index (κ3) is 6.33. The normalized spacial score (nSPS) is 29.9. The second kappa shape index (κ2) is 12.4. The number of amides is 4. The Bertz CT molecular complexity index is 1560. The predicted octanol–water partition coefficient (Wildman–Crippen LogP) is 1.54. The fraction of sp³-hybridized carbons (Fsp3) is 0.686. The molecule has 1 aromatic carbocycles. The highest BCUT2D eigenvalue weighted by Crippen LogP contribution is 2.66. The van der Waals surface area contributed by atoms with E-state index in [4.69, 9.17) is 14.2 Å². The van der Waals surface area contributed by atoms with Gasteiger partial charge in [-0.05, 0) is 58.6 Å². The van der Waals surface area contributed by atoms with Gasteiger partial charge in [-0.2, -0.15) is 0 Å². The SMILES string of the molecule is C[C@H](NC(=O)CNC(=O)OC(C)(C)C)C(=O)NCCN(C)C(=O)Oc1ccc2c3c1O[C@H]1C(=O)CC[C@@]4(O)C(C2)[N@+](C)(CC2CC2)CC[C@]314. The molecule has 4 amide bonds. The monoisotopic (exact) mass is 684 g/mol. The maximum absolute atomic E-state index is 13.4. The van der Waals surface area contributed by atoms with Crippen LogP contribution < -0.4 is 25.4 Å². The highest BCUT2D eigenvalue weighted by Gasteiger charge is 2.76. The van der Waals surface area contributed by atoms with Gasteiger partial charge in [0.05, 0.1) is 25.6 Å². The minimum Gasteiger partial charge on any atom is -0.477 e. The van der Waals surface area contributed by atoms with Gasteiger partial charge in [0, 0.05) is 50.9 Å². The Morgan fingerprint density at radius 2 is 1.90 bits per heavy atom. The lowest BCUT2D eigenvalue weighted by atomic mass is 9.48. The first-order valence-corrected chi connectivity index (χ1v) is 17.4. The van der Waals surface area contributed by atoms with Gasteiger partial charge in [0.15, 0.2) is 23.4 Å². The molecule has 14 nitrogen and oxygen atoms in total. The summed E-state index contributed by atoms with van der Waals surface area (Å²) in [6, 6.07) is 2.73. The second-order valence-corrected chi connectivity index (χ2v) is 15.8. The second-order valence-electron chi connectivity index (χ2n) is 15.8. The van der Waals surface area contributed by atoms with Crippen molar-refractivity contribution < 1.29 is 47.8 Å². The van der Waals surface area contributed by atoms with E-state index in [1.807, 2.05) is 6.07 Å². The van der Waals surface area contributed by atoms with Crippen molar-refractivity contribution >= 4 is 29.8 Å². The van der Waals surface area contributed by atoms with Gasteiger partial charge in [0.25, 0.3) is 0 Å². The van der Waals surface area contributed by atoms with Crippen LogP contribution in [0.3, 0.4) is 0 Å². The van der Waals surface area contributed by atoms with Gasteiger partial charge >= 0.3 is 12.2 Å². The Kier molecular flexibility index (Phi) is 8.88. The van der Waals surface area contributed by atoms with E-state index >= 15 is 0 Å². The average molecular weight is 685 g/mol. The molecule has 1 unspecified atom stereocenters. The lowest BCUT2D eigenvalue weighted by Gasteiger charge is -2.64. The van der Waals surface area contributed by atoms with Crippen LogP contribution in [0.25, 0.3) is 0 Å². The average Bonchev–Trinajstić information content (AvgIpc) is 3.75. The van der Waals surface area contributed by atoms with Crippen LogP contribution in [0.4, 0.5) is 9.59 Å². The van der Waals surface area contributed by atoms with Crippen LogP contribution in [-0.2, 0) is 31.0 Å². The van der Waals surface area contributed by atoms with E-state index in [0.717, 1.165) is 28.7 Å². The van der Waals surface area contributed by atoms with Crippen LogP contribution in [0.15, 0.2) is 12.1 Å². The van der Waals surface area contributed by atoms with E-state index in [1.165, 1.54) is 31.7 Å². The summed E-state index contributed by atoms with van der Waals surface area (Å²) < 4.78 is 18.1. The van der Waals surface area contributed by atoms with Gasteiger partial charge in [-0.1, -0.05) is 6.07 Å². The number of carbonyl (C=O) groups excluding carboxylic acids is 5. The molecule has 6 atom stereocenters.